The minimum absolute atomic E-state index is 0.132. The molecule has 33 heavy (non-hydrogen) atoms. The number of hydrogen-bond donors (Lipinski definition) is 1. The third kappa shape index (κ3) is 4.78. The Bertz CT molecular complexity index is 1300. The number of benzene rings is 1. The Balaban J connectivity index is 1.75. The molecule has 1 aliphatic heterocycles. The second-order valence-electron chi connectivity index (χ2n) is 8.17. The van der Waals surface area contributed by atoms with Gasteiger partial charge in [0, 0.05) is 38.9 Å². The summed E-state index contributed by atoms with van der Waals surface area (Å²) in [5, 5.41) is 12.5. The van der Waals surface area contributed by atoms with Gasteiger partial charge in [0.25, 0.3) is 11.5 Å². The summed E-state index contributed by atoms with van der Waals surface area (Å²) in [5.41, 5.74) is 2.18. The minimum Gasteiger partial charge on any atom is -0.353 e. The van der Waals surface area contributed by atoms with Crippen LogP contribution in [0.2, 0.25) is 0 Å². The number of fused-ring (bicyclic) bond motifs is 1. The van der Waals surface area contributed by atoms with Gasteiger partial charge in [0.1, 0.15) is 23.1 Å². The van der Waals surface area contributed by atoms with E-state index in [1.165, 1.54) is 10.5 Å². The number of anilines is 1. The lowest BCUT2D eigenvalue weighted by atomic mass is 10.1. The number of hydrogen-bond acceptors (Lipinski definition) is 6. The fraction of sp³-hybridized carbons (Fsp3) is 0.280. The molecule has 0 saturated carbocycles. The molecule has 1 aromatic carbocycles. The molecule has 0 bridgehead atoms. The summed E-state index contributed by atoms with van der Waals surface area (Å²) in [6.45, 7) is 5.27. The van der Waals surface area contributed by atoms with Crippen molar-refractivity contribution < 1.29 is 4.79 Å². The zero-order chi connectivity index (χ0) is 23.4. The summed E-state index contributed by atoms with van der Waals surface area (Å²) in [4.78, 5) is 35.3. The Labute approximate surface area is 192 Å². The molecule has 1 saturated heterocycles. The summed E-state index contributed by atoms with van der Waals surface area (Å²) in [6.07, 6.45) is 3.03. The molecule has 1 aliphatic rings. The summed E-state index contributed by atoms with van der Waals surface area (Å²) in [5.74, 6) is -0.0228. The number of aromatic nitrogens is 2. The van der Waals surface area contributed by atoms with Crippen LogP contribution in [0.3, 0.4) is 0 Å². The fourth-order valence-corrected chi connectivity index (χ4v) is 3.85. The molecule has 3 heterocycles. The predicted molar refractivity (Wildman–Crippen MR) is 128 cm³/mol. The highest BCUT2D eigenvalue weighted by Crippen LogP contribution is 2.21. The number of carbonyl (C=O) groups is 1. The normalized spacial score (nSPS) is 14.8. The fourth-order valence-electron chi connectivity index (χ4n) is 3.85. The van der Waals surface area contributed by atoms with Crippen molar-refractivity contribution in [2.45, 2.75) is 13.5 Å². The molecule has 0 spiro atoms. The number of likely N-dealkylation sites (N-methyl/N-ethyl adjacent to an activating group) is 1. The minimum atomic E-state index is -0.528. The lowest BCUT2D eigenvalue weighted by molar-refractivity contribution is -0.117. The predicted octanol–water partition coefficient (Wildman–Crippen LogP) is 1.98. The first kappa shape index (κ1) is 22.2. The number of aryl methyl sites for hydroxylation is 1. The number of nitrogens with one attached hydrogen (secondary N) is 1. The molecule has 1 amide bonds. The van der Waals surface area contributed by atoms with Crippen molar-refractivity contribution >= 4 is 23.4 Å². The number of carbonyl (C=O) groups excluding carboxylic acids is 1. The molecule has 1 N–H and O–H groups in total. The van der Waals surface area contributed by atoms with Crippen molar-refractivity contribution in [2.75, 3.05) is 38.1 Å². The van der Waals surface area contributed by atoms with Crippen LogP contribution in [0.4, 0.5) is 5.82 Å². The van der Waals surface area contributed by atoms with Crippen LogP contribution >= 0.6 is 0 Å². The SMILES string of the molecule is Cc1cccn2c(=O)c(/C=C(\C#N)C(=O)NCc3ccccc3)c(N3CCN(C)CC3)nc12. The van der Waals surface area contributed by atoms with Gasteiger partial charge in [0.2, 0.25) is 0 Å². The van der Waals surface area contributed by atoms with E-state index >= 15 is 0 Å². The first-order chi connectivity index (χ1) is 16.0. The molecule has 2 aromatic heterocycles. The maximum atomic E-state index is 13.5. The highest BCUT2D eigenvalue weighted by Gasteiger charge is 2.22. The Kier molecular flexibility index (Phi) is 6.52. The molecule has 168 valence electrons. The molecule has 8 heteroatoms. The van der Waals surface area contributed by atoms with E-state index in [2.05, 4.69) is 22.2 Å². The van der Waals surface area contributed by atoms with Crippen molar-refractivity contribution in [1.82, 2.24) is 19.6 Å². The maximum Gasteiger partial charge on any atom is 0.267 e. The molecule has 0 radical (unpaired) electrons. The average molecular weight is 443 g/mol. The summed E-state index contributed by atoms with van der Waals surface area (Å²) in [6, 6.07) is 15.1. The van der Waals surface area contributed by atoms with E-state index in [9.17, 15) is 14.9 Å². The highest BCUT2D eigenvalue weighted by atomic mass is 16.1. The topological polar surface area (TPSA) is 93.7 Å². The summed E-state index contributed by atoms with van der Waals surface area (Å²) < 4.78 is 1.47. The third-order valence-electron chi connectivity index (χ3n) is 5.82. The first-order valence-electron chi connectivity index (χ1n) is 10.9. The Morgan fingerprint density at radius 1 is 1.15 bits per heavy atom. The Morgan fingerprint density at radius 2 is 1.88 bits per heavy atom. The summed E-state index contributed by atoms with van der Waals surface area (Å²) in [7, 11) is 2.05. The van der Waals surface area contributed by atoms with Gasteiger partial charge >= 0.3 is 0 Å². The number of rotatable bonds is 5. The van der Waals surface area contributed by atoms with Crippen LogP contribution in [0.15, 0.2) is 59.0 Å². The molecule has 0 unspecified atom stereocenters. The van der Waals surface area contributed by atoms with Gasteiger partial charge in [-0.05, 0) is 37.2 Å². The van der Waals surface area contributed by atoms with E-state index in [1.54, 1.807) is 12.3 Å². The van der Waals surface area contributed by atoms with Crippen LogP contribution < -0.4 is 15.8 Å². The standard InChI is InChI=1S/C25H26N6O2/c1-18-7-6-10-31-22(18)28-23(30-13-11-29(2)12-14-30)21(25(31)33)15-20(16-26)24(32)27-17-19-8-4-3-5-9-19/h3-10,15H,11-14,17H2,1-2H3,(H,27,32)/b20-15+. The van der Waals surface area contributed by atoms with E-state index in [0.717, 1.165) is 24.2 Å². The lowest BCUT2D eigenvalue weighted by Gasteiger charge is -2.34. The first-order valence-corrected chi connectivity index (χ1v) is 10.9. The smallest absolute Gasteiger partial charge is 0.267 e. The molecule has 4 rings (SSSR count). The van der Waals surface area contributed by atoms with E-state index < -0.39 is 5.91 Å². The van der Waals surface area contributed by atoms with Crippen molar-refractivity contribution in [3.05, 3.63) is 81.3 Å². The monoisotopic (exact) mass is 442 g/mol. The van der Waals surface area contributed by atoms with Crippen molar-refractivity contribution in [1.29, 1.82) is 5.26 Å². The van der Waals surface area contributed by atoms with Gasteiger partial charge in [-0.15, -0.1) is 0 Å². The molecule has 0 aliphatic carbocycles. The van der Waals surface area contributed by atoms with Crippen LogP contribution in [-0.2, 0) is 11.3 Å². The molecular weight excluding hydrogens is 416 g/mol. The van der Waals surface area contributed by atoms with Gasteiger partial charge in [-0.1, -0.05) is 36.4 Å². The van der Waals surface area contributed by atoms with Gasteiger partial charge in [0.05, 0.1) is 5.56 Å². The molecule has 0 atom stereocenters. The second-order valence-corrected chi connectivity index (χ2v) is 8.17. The van der Waals surface area contributed by atoms with Crippen molar-refractivity contribution in [2.24, 2.45) is 0 Å². The maximum absolute atomic E-state index is 13.5. The largest absolute Gasteiger partial charge is 0.353 e. The molecular formula is C25H26N6O2. The van der Waals surface area contributed by atoms with E-state index in [1.807, 2.05) is 49.4 Å². The van der Waals surface area contributed by atoms with Crippen molar-refractivity contribution in [3.8, 4) is 6.07 Å². The molecule has 3 aromatic rings. The van der Waals surface area contributed by atoms with Gasteiger partial charge in [-0.25, -0.2) is 4.98 Å². The second kappa shape index (κ2) is 9.67. The summed E-state index contributed by atoms with van der Waals surface area (Å²) >= 11 is 0. The van der Waals surface area contributed by atoms with Gasteiger partial charge in [-0.2, -0.15) is 5.26 Å². The van der Waals surface area contributed by atoms with E-state index in [-0.39, 0.29) is 23.2 Å². The Morgan fingerprint density at radius 3 is 2.58 bits per heavy atom. The van der Waals surface area contributed by atoms with Crippen molar-refractivity contribution in [3.63, 3.8) is 0 Å². The quantitative estimate of drug-likeness (QED) is 0.480. The molecule has 1 fully saturated rings. The highest BCUT2D eigenvalue weighted by molar-refractivity contribution is 6.02. The van der Waals surface area contributed by atoms with E-state index in [0.29, 0.717) is 24.6 Å². The van der Waals surface area contributed by atoms with Crippen LogP contribution in [0.25, 0.3) is 11.7 Å². The third-order valence-corrected chi connectivity index (χ3v) is 5.82. The van der Waals surface area contributed by atoms with Gasteiger partial charge < -0.3 is 15.1 Å². The zero-order valence-corrected chi connectivity index (χ0v) is 18.8. The van der Waals surface area contributed by atoms with E-state index in [4.69, 9.17) is 4.98 Å². The van der Waals surface area contributed by atoms with Crippen LogP contribution in [0.1, 0.15) is 16.7 Å². The number of nitriles is 1. The number of piperazine rings is 1. The van der Waals surface area contributed by atoms with Crippen LogP contribution in [-0.4, -0.2) is 53.4 Å². The van der Waals surface area contributed by atoms with Gasteiger partial charge in [-0.3, -0.25) is 14.0 Å². The lowest BCUT2D eigenvalue weighted by Crippen LogP contribution is -2.45. The van der Waals surface area contributed by atoms with Gasteiger partial charge in [0.15, 0.2) is 0 Å². The number of amides is 1. The average Bonchev–Trinajstić information content (AvgIpc) is 2.83. The van der Waals surface area contributed by atoms with Crippen LogP contribution in [0, 0.1) is 18.3 Å². The van der Waals surface area contributed by atoms with Crippen LogP contribution in [0.5, 0.6) is 0 Å². The zero-order valence-electron chi connectivity index (χ0n) is 18.8. The Hall–Kier alpha value is -3.96. The number of pyridine rings is 1. The number of nitrogens with zero attached hydrogens (tertiary/aromatic N) is 5. The molecule has 8 nitrogen and oxygen atoms in total.